The number of rotatable bonds is 11. The molecule has 6 nitrogen and oxygen atoms in total. The monoisotopic (exact) mass is 554 g/mol. The molecular formula is C22H54O6Si5. The number of ether oxygens (including phenoxy) is 1. The van der Waals surface area contributed by atoms with E-state index in [1.165, 1.54) is 0 Å². The van der Waals surface area contributed by atoms with E-state index in [4.69, 9.17) is 26.9 Å². The quantitative estimate of drug-likeness (QED) is 0.287. The van der Waals surface area contributed by atoms with Crippen LogP contribution in [0.15, 0.2) is 0 Å². The molecule has 0 saturated heterocycles. The van der Waals surface area contributed by atoms with Gasteiger partial charge >= 0.3 is 0 Å². The van der Waals surface area contributed by atoms with Crippen LogP contribution in [0.25, 0.3) is 0 Å². The van der Waals surface area contributed by atoms with Crippen molar-refractivity contribution in [3.8, 4) is 0 Å². The fourth-order valence-electron chi connectivity index (χ4n) is 4.10. The van der Waals surface area contributed by atoms with Gasteiger partial charge in [-0.2, -0.15) is 0 Å². The lowest BCUT2D eigenvalue weighted by Gasteiger charge is -2.55. The molecule has 1 aliphatic rings. The Morgan fingerprint density at radius 2 is 0.455 bits per heavy atom. The Labute approximate surface area is 210 Å². The zero-order valence-electron chi connectivity index (χ0n) is 24.4. The first-order valence-electron chi connectivity index (χ1n) is 12.3. The molecule has 1 aliphatic carbocycles. The topological polar surface area (TPSA) is 55.4 Å². The average molecular weight is 555 g/mol. The molecule has 0 radical (unpaired) electrons. The lowest BCUT2D eigenvalue weighted by Crippen LogP contribution is -2.72. The van der Waals surface area contributed by atoms with Crippen LogP contribution in [0.2, 0.25) is 98.2 Å². The minimum Gasteiger partial charge on any atom is -0.409 e. The summed E-state index contributed by atoms with van der Waals surface area (Å²) in [5.41, 5.74) is 0. The van der Waals surface area contributed by atoms with Crippen LogP contribution in [-0.4, -0.2) is 85.3 Å². The molecule has 11 heteroatoms. The van der Waals surface area contributed by atoms with E-state index >= 15 is 0 Å². The standard InChI is InChI=1S/C22H54O6Si5/c1-23-17-18(24-29(2,3)4)20(26-31(8,9)10)22(28-33(14,15)16)21(27-32(11,12)13)19(17)25-30(5,6)7/h17-22H,1-16H3/t17?,18-,19+,20+,21-,22?. The lowest BCUT2D eigenvalue weighted by atomic mass is 9.85. The third-order valence-corrected chi connectivity index (χ3v) is 9.56. The fraction of sp³-hybridized carbons (Fsp3) is 1.00. The molecule has 33 heavy (non-hydrogen) atoms. The second kappa shape index (κ2) is 11.1. The largest absolute Gasteiger partial charge is 0.409 e. The number of hydrogen-bond acceptors (Lipinski definition) is 6. The van der Waals surface area contributed by atoms with Gasteiger partial charge in [-0.05, 0) is 98.2 Å². The first kappa shape index (κ1) is 31.9. The predicted molar refractivity (Wildman–Crippen MR) is 152 cm³/mol. The summed E-state index contributed by atoms with van der Waals surface area (Å²) in [5, 5.41) is 0. The zero-order chi connectivity index (χ0) is 26.2. The molecule has 0 aromatic heterocycles. The van der Waals surface area contributed by atoms with Crippen LogP contribution < -0.4 is 0 Å². The van der Waals surface area contributed by atoms with Crippen molar-refractivity contribution in [2.45, 2.75) is 135 Å². The summed E-state index contributed by atoms with van der Waals surface area (Å²) in [5.74, 6) is 0. The minimum absolute atomic E-state index is 0.260. The summed E-state index contributed by atoms with van der Waals surface area (Å²) in [4.78, 5) is 0. The van der Waals surface area contributed by atoms with Crippen molar-refractivity contribution in [1.29, 1.82) is 0 Å². The Morgan fingerprint density at radius 1 is 0.303 bits per heavy atom. The second-order valence-electron chi connectivity index (χ2n) is 14.2. The van der Waals surface area contributed by atoms with Crippen LogP contribution in [0.3, 0.4) is 0 Å². The molecule has 1 rings (SSSR count). The molecule has 0 aromatic carbocycles. The van der Waals surface area contributed by atoms with E-state index in [-0.39, 0.29) is 36.6 Å². The van der Waals surface area contributed by atoms with E-state index in [0.29, 0.717) is 0 Å². The smallest absolute Gasteiger partial charge is 0.184 e. The summed E-state index contributed by atoms with van der Waals surface area (Å²) in [7, 11) is -7.92. The van der Waals surface area contributed by atoms with Gasteiger partial charge < -0.3 is 26.9 Å². The molecule has 1 fully saturated rings. The third kappa shape index (κ3) is 11.6. The van der Waals surface area contributed by atoms with Crippen molar-refractivity contribution >= 4 is 41.6 Å². The maximum absolute atomic E-state index is 6.93. The summed E-state index contributed by atoms with van der Waals surface area (Å²) >= 11 is 0. The van der Waals surface area contributed by atoms with Gasteiger partial charge in [0.25, 0.3) is 0 Å². The Balaban J connectivity index is 3.77. The maximum Gasteiger partial charge on any atom is 0.184 e. The van der Waals surface area contributed by atoms with E-state index in [9.17, 15) is 0 Å². The van der Waals surface area contributed by atoms with Crippen LogP contribution in [0.1, 0.15) is 0 Å². The average Bonchev–Trinajstić information content (AvgIpc) is 2.48. The highest BCUT2D eigenvalue weighted by Gasteiger charge is 2.57. The highest BCUT2D eigenvalue weighted by molar-refractivity contribution is 6.71. The second-order valence-corrected chi connectivity index (χ2v) is 36.5. The van der Waals surface area contributed by atoms with Gasteiger partial charge in [-0.1, -0.05) is 0 Å². The molecule has 0 N–H and O–H groups in total. The van der Waals surface area contributed by atoms with E-state index in [1.807, 2.05) is 0 Å². The first-order valence-corrected chi connectivity index (χ1v) is 29.4. The van der Waals surface area contributed by atoms with Crippen molar-refractivity contribution in [2.75, 3.05) is 7.11 Å². The van der Waals surface area contributed by atoms with E-state index in [0.717, 1.165) is 0 Å². The van der Waals surface area contributed by atoms with Gasteiger partial charge in [-0.25, -0.2) is 0 Å². The lowest BCUT2D eigenvalue weighted by molar-refractivity contribution is -0.207. The number of methoxy groups -OCH3 is 1. The molecule has 2 unspecified atom stereocenters. The molecular weight excluding hydrogens is 501 g/mol. The van der Waals surface area contributed by atoms with Crippen LogP contribution in [0.4, 0.5) is 0 Å². The molecule has 0 aliphatic heterocycles. The number of hydrogen-bond donors (Lipinski definition) is 0. The molecule has 0 aromatic rings. The third-order valence-electron chi connectivity index (χ3n) is 4.66. The van der Waals surface area contributed by atoms with E-state index < -0.39 is 41.6 Å². The molecule has 6 atom stereocenters. The van der Waals surface area contributed by atoms with Gasteiger partial charge in [0.1, 0.15) is 36.6 Å². The Hall–Kier alpha value is 0.844. The molecule has 0 amide bonds. The van der Waals surface area contributed by atoms with Crippen LogP contribution in [0, 0.1) is 0 Å². The summed E-state index contributed by atoms with van der Waals surface area (Å²) in [6.07, 6.45) is -1.60. The van der Waals surface area contributed by atoms with Gasteiger partial charge in [-0.15, -0.1) is 0 Å². The highest BCUT2D eigenvalue weighted by atomic mass is 28.4. The molecule has 0 heterocycles. The van der Waals surface area contributed by atoms with Crippen LogP contribution in [0.5, 0.6) is 0 Å². The summed E-state index contributed by atoms with van der Waals surface area (Å²) in [6.45, 7) is 33.4. The van der Waals surface area contributed by atoms with Gasteiger partial charge in [0, 0.05) is 7.11 Å². The van der Waals surface area contributed by atoms with Gasteiger partial charge in [0.05, 0.1) is 0 Å². The maximum atomic E-state index is 6.93. The predicted octanol–water partition coefficient (Wildman–Crippen LogP) is 6.12. The molecule has 1 saturated carbocycles. The van der Waals surface area contributed by atoms with Crippen molar-refractivity contribution in [2.24, 2.45) is 0 Å². The summed E-state index contributed by atoms with van der Waals surface area (Å²) in [6, 6.07) is 0. The van der Waals surface area contributed by atoms with Gasteiger partial charge in [0.15, 0.2) is 41.6 Å². The van der Waals surface area contributed by atoms with Crippen molar-refractivity contribution in [1.82, 2.24) is 0 Å². The highest BCUT2D eigenvalue weighted by Crippen LogP contribution is 2.39. The van der Waals surface area contributed by atoms with Gasteiger partial charge in [0.2, 0.25) is 0 Å². The van der Waals surface area contributed by atoms with E-state index in [1.54, 1.807) is 7.11 Å². The Bertz CT molecular complexity index is 571. The van der Waals surface area contributed by atoms with E-state index in [2.05, 4.69) is 98.2 Å². The zero-order valence-corrected chi connectivity index (χ0v) is 29.4. The van der Waals surface area contributed by atoms with Crippen LogP contribution >= 0.6 is 0 Å². The molecule has 0 spiro atoms. The first-order chi connectivity index (χ1) is 14.4. The Kier molecular flexibility index (Phi) is 10.7. The van der Waals surface area contributed by atoms with Gasteiger partial charge in [-0.3, -0.25) is 0 Å². The summed E-state index contributed by atoms with van der Waals surface area (Å²) < 4.78 is 40.6. The molecule has 198 valence electrons. The Morgan fingerprint density at radius 3 is 0.576 bits per heavy atom. The minimum atomic E-state index is -1.95. The normalized spacial score (nSPS) is 30.5. The van der Waals surface area contributed by atoms with Crippen molar-refractivity contribution in [3.05, 3.63) is 0 Å². The SMILES string of the molecule is COC1[C@@H](O[Si](C)(C)C)[C@H](O[Si](C)(C)C)C(O[Si](C)(C)C)[C@H](O[Si](C)(C)C)[C@H]1O[Si](C)(C)C. The van der Waals surface area contributed by atoms with Crippen molar-refractivity contribution < 1.29 is 26.9 Å². The molecule has 0 bridgehead atoms. The van der Waals surface area contributed by atoms with Crippen molar-refractivity contribution in [3.63, 3.8) is 0 Å². The van der Waals surface area contributed by atoms with Crippen LogP contribution in [-0.2, 0) is 26.9 Å². The fourth-order valence-corrected chi connectivity index (χ4v) is 9.53.